The van der Waals surface area contributed by atoms with Gasteiger partial charge in [0, 0.05) is 68.8 Å². The first kappa shape index (κ1) is 19.6. The van der Waals surface area contributed by atoms with E-state index in [1.165, 1.54) is 6.07 Å². The molecule has 0 unspecified atom stereocenters. The van der Waals surface area contributed by atoms with Crippen LogP contribution < -0.4 is 4.90 Å². The number of hydrogen-bond donors (Lipinski definition) is 0. The highest BCUT2D eigenvalue weighted by molar-refractivity contribution is 5.95. The number of piperazine rings is 1. The van der Waals surface area contributed by atoms with Crippen LogP contribution >= 0.6 is 0 Å². The molecule has 2 aliphatic rings. The average molecular weight is 417 g/mol. The van der Waals surface area contributed by atoms with E-state index < -0.39 is 0 Å². The molecular weight excluding hydrogens is 393 g/mol. The Kier molecular flexibility index (Phi) is 5.34. The van der Waals surface area contributed by atoms with Gasteiger partial charge in [0.2, 0.25) is 5.95 Å². The summed E-state index contributed by atoms with van der Waals surface area (Å²) in [5.74, 6) is 0.299. The van der Waals surface area contributed by atoms with E-state index in [0.717, 1.165) is 37.7 Å². The molecule has 2 aliphatic heterocycles. The highest BCUT2D eigenvalue weighted by Crippen LogP contribution is 2.25. The summed E-state index contributed by atoms with van der Waals surface area (Å²) in [7, 11) is 0. The molecule has 5 rings (SSSR count). The quantitative estimate of drug-likeness (QED) is 0.653. The Balaban J connectivity index is 1.16. The lowest BCUT2D eigenvalue weighted by molar-refractivity contribution is 0.0245. The fourth-order valence-corrected chi connectivity index (χ4v) is 4.28. The van der Waals surface area contributed by atoms with Crippen LogP contribution in [0.4, 0.5) is 10.3 Å². The van der Waals surface area contributed by atoms with E-state index in [-0.39, 0.29) is 11.7 Å². The second-order valence-electron chi connectivity index (χ2n) is 8.00. The molecule has 31 heavy (non-hydrogen) atoms. The van der Waals surface area contributed by atoms with E-state index in [2.05, 4.69) is 19.8 Å². The maximum absolute atomic E-state index is 14.6. The summed E-state index contributed by atoms with van der Waals surface area (Å²) in [5.41, 5.74) is 1.73. The highest BCUT2D eigenvalue weighted by Gasteiger charge is 2.36. The van der Waals surface area contributed by atoms with Gasteiger partial charge in [0.15, 0.2) is 0 Å². The molecule has 2 saturated heterocycles. The molecule has 0 bridgehead atoms. The minimum atomic E-state index is -0.367. The van der Waals surface area contributed by atoms with Gasteiger partial charge < -0.3 is 9.80 Å². The number of hydrogen-bond acceptors (Lipinski definition) is 5. The summed E-state index contributed by atoms with van der Waals surface area (Å²) < 4.78 is 14.6. The van der Waals surface area contributed by atoms with Crippen LogP contribution in [0.5, 0.6) is 0 Å². The lowest BCUT2D eigenvalue weighted by Gasteiger charge is -2.48. The average Bonchev–Trinajstić information content (AvgIpc) is 2.79. The molecule has 6 nitrogen and oxygen atoms in total. The normalized spacial score (nSPS) is 17.5. The zero-order valence-electron chi connectivity index (χ0n) is 17.2. The van der Waals surface area contributed by atoms with E-state index in [4.69, 9.17) is 0 Å². The summed E-state index contributed by atoms with van der Waals surface area (Å²) in [6.45, 7) is 4.96. The third-order valence-electron chi connectivity index (χ3n) is 6.12. The topological polar surface area (TPSA) is 52.6 Å². The standard InChI is InChI=1S/C24H24FN5O/c25-22-15-19(7-8-21(22)18-5-2-1-3-6-18)23(31)30-16-20(17-30)28-11-13-29(14-12-28)24-26-9-4-10-27-24/h1-10,15,20H,11-14,16-17H2. The zero-order valence-corrected chi connectivity index (χ0v) is 17.2. The third-order valence-corrected chi connectivity index (χ3v) is 6.12. The Morgan fingerprint density at radius 3 is 2.29 bits per heavy atom. The number of anilines is 1. The predicted molar refractivity (Wildman–Crippen MR) is 117 cm³/mol. The van der Waals surface area contributed by atoms with Crippen molar-refractivity contribution in [2.24, 2.45) is 0 Å². The minimum absolute atomic E-state index is 0.105. The zero-order chi connectivity index (χ0) is 21.2. The first-order chi connectivity index (χ1) is 15.2. The van der Waals surface area contributed by atoms with Crippen molar-refractivity contribution in [2.75, 3.05) is 44.2 Å². The van der Waals surface area contributed by atoms with Gasteiger partial charge in [-0.05, 0) is 23.8 Å². The number of nitrogens with zero attached hydrogens (tertiary/aromatic N) is 5. The Labute approximate surface area is 180 Å². The molecule has 2 aromatic carbocycles. The number of benzene rings is 2. The molecule has 7 heteroatoms. The van der Waals surface area contributed by atoms with Gasteiger partial charge in [-0.1, -0.05) is 36.4 Å². The van der Waals surface area contributed by atoms with Gasteiger partial charge in [-0.15, -0.1) is 0 Å². The number of carbonyl (C=O) groups excluding carboxylic acids is 1. The maximum atomic E-state index is 14.6. The summed E-state index contributed by atoms with van der Waals surface area (Å²) in [4.78, 5) is 27.9. The van der Waals surface area contributed by atoms with Gasteiger partial charge in [-0.25, -0.2) is 14.4 Å². The van der Waals surface area contributed by atoms with E-state index in [1.54, 1.807) is 29.4 Å². The Morgan fingerprint density at radius 1 is 0.903 bits per heavy atom. The van der Waals surface area contributed by atoms with Crippen LogP contribution in [0.25, 0.3) is 11.1 Å². The number of carbonyl (C=O) groups is 1. The van der Waals surface area contributed by atoms with Gasteiger partial charge >= 0.3 is 0 Å². The second kappa shape index (κ2) is 8.43. The van der Waals surface area contributed by atoms with Crippen LogP contribution in [0.3, 0.4) is 0 Å². The molecule has 3 aromatic rings. The van der Waals surface area contributed by atoms with E-state index in [0.29, 0.717) is 30.3 Å². The Bertz CT molecular complexity index is 1050. The monoisotopic (exact) mass is 417 g/mol. The van der Waals surface area contributed by atoms with Crippen molar-refractivity contribution < 1.29 is 9.18 Å². The Morgan fingerprint density at radius 2 is 1.61 bits per heavy atom. The molecule has 3 heterocycles. The van der Waals surface area contributed by atoms with Crippen LogP contribution in [-0.2, 0) is 0 Å². The summed E-state index contributed by atoms with van der Waals surface area (Å²) in [6, 6.07) is 16.3. The van der Waals surface area contributed by atoms with Crippen molar-refractivity contribution in [1.82, 2.24) is 19.8 Å². The minimum Gasteiger partial charge on any atom is -0.338 e. The molecule has 2 fully saturated rings. The predicted octanol–water partition coefficient (Wildman–Crippen LogP) is 2.93. The molecule has 1 aromatic heterocycles. The first-order valence-corrected chi connectivity index (χ1v) is 10.6. The van der Waals surface area contributed by atoms with Crippen LogP contribution in [0.15, 0.2) is 67.0 Å². The lowest BCUT2D eigenvalue weighted by atomic mass is 10.0. The van der Waals surface area contributed by atoms with Gasteiger partial charge in [0.25, 0.3) is 5.91 Å². The number of likely N-dealkylation sites (tertiary alicyclic amines) is 1. The van der Waals surface area contributed by atoms with Crippen molar-refractivity contribution in [1.29, 1.82) is 0 Å². The molecule has 1 amide bonds. The van der Waals surface area contributed by atoms with E-state index in [1.807, 2.05) is 36.4 Å². The van der Waals surface area contributed by atoms with Crippen molar-refractivity contribution in [3.05, 3.63) is 78.4 Å². The molecule has 0 saturated carbocycles. The van der Waals surface area contributed by atoms with Crippen molar-refractivity contribution in [3.8, 4) is 11.1 Å². The summed E-state index contributed by atoms with van der Waals surface area (Å²) in [5, 5.41) is 0. The van der Waals surface area contributed by atoms with Crippen LogP contribution in [-0.4, -0.2) is 71.0 Å². The first-order valence-electron chi connectivity index (χ1n) is 10.6. The lowest BCUT2D eigenvalue weighted by Crippen LogP contribution is -2.64. The van der Waals surface area contributed by atoms with Crippen LogP contribution in [0.2, 0.25) is 0 Å². The smallest absolute Gasteiger partial charge is 0.254 e. The third kappa shape index (κ3) is 4.01. The summed E-state index contributed by atoms with van der Waals surface area (Å²) in [6.07, 6.45) is 3.53. The molecule has 158 valence electrons. The maximum Gasteiger partial charge on any atom is 0.254 e. The molecule has 0 atom stereocenters. The van der Waals surface area contributed by atoms with Gasteiger partial charge in [0.1, 0.15) is 5.82 Å². The van der Waals surface area contributed by atoms with E-state index in [9.17, 15) is 9.18 Å². The fourth-order valence-electron chi connectivity index (χ4n) is 4.28. The van der Waals surface area contributed by atoms with Crippen molar-refractivity contribution in [3.63, 3.8) is 0 Å². The molecule has 0 N–H and O–H groups in total. The molecule has 0 spiro atoms. The van der Waals surface area contributed by atoms with Crippen molar-refractivity contribution >= 4 is 11.9 Å². The number of aromatic nitrogens is 2. The molecule has 0 radical (unpaired) electrons. The Hall–Kier alpha value is -3.32. The summed E-state index contributed by atoms with van der Waals surface area (Å²) >= 11 is 0. The van der Waals surface area contributed by atoms with Crippen LogP contribution in [0.1, 0.15) is 10.4 Å². The molecular formula is C24H24FN5O. The second-order valence-corrected chi connectivity index (χ2v) is 8.00. The number of rotatable bonds is 4. The number of halogens is 1. The van der Waals surface area contributed by atoms with Gasteiger partial charge in [-0.3, -0.25) is 9.69 Å². The van der Waals surface area contributed by atoms with Crippen molar-refractivity contribution in [2.45, 2.75) is 6.04 Å². The highest BCUT2D eigenvalue weighted by atomic mass is 19.1. The largest absolute Gasteiger partial charge is 0.338 e. The van der Waals surface area contributed by atoms with Gasteiger partial charge in [-0.2, -0.15) is 0 Å². The van der Waals surface area contributed by atoms with Crippen LogP contribution in [0, 0.1) is 5.82 Å². The van der Waals surface area contributed by atoms with E-state index >= 15 is 0 Å². The van der Waals surface area contributed by atoms with Gasteiger partial charge in [0.05, 0.1) is 0 Å². The fraction of sp³-hybridized carbons (Fsp3) is 0.292. The molecule has 0 aliphatic carbocycles. The number of amides is 1. The SMILES string of the molecule is O=C(c1ccc(-c2ccccc2)c(F)c1)N1CC(N2CCN(c3ncccn3)CC2)C1.